The molecule has 1 fully saturated rings. The van der Waals surface area contributed by atoms with Gasteiger partial charge in [0.05, 0.1) is 11.8 Å². The quantitative estimate of drug-likeness (QED) is 0.902. The van der Waals surface area contributed by atoms with Crippen LogP contribution in [0.1, 0.15) is 44.0 Å². The maximum atomic E-state index is 12.1. The van der Waals surface area contributed by atoms with Gasteiger partial charge in [0.15, 0.2) is 5.82 Å². The second-order valence-corrected chi connectivity index (χ2v) is 6.92. The zero-order valence-electron chi connectivity index (χ0n) is 14.5. The van der Waals surface area contributed by atoms with Crippen LogP contribution in [0.3, 0.4) is 0 Å². The summed E-state index contributed by atoms with van der Waals surface area (Å²) in [6.45, 7) is 6.73. The first-order valence-electron chi connectivity index (χ1n) is 7.94. The Hall–Kier alpha value is -2.38. The number of rotatable bonds is 3. The Bertz CT molecular complexity index is 606. The van der Waals surface area contributed by atoms with Gasteiger partial charge in [0.2, 0.25) is 0 Å². The van der Waals surface area contributed by atoms with Gasteiger partial charge in [0.25, 0.3) is 0 Å². The summed E-state index contributed by atoms with van der Waals surface area (Å²) in [7, 11) is 1.86. The highest BCUT2D eigenvalue weighted by atomic mass is 16.6. The minimum atomic E-state index is -1.03. The van der Waals surface area contributed by atoms with Gasteiger partial charge in [0.1, 0.15) is 5.60 Å². The van der Waals surface area contributed by atoms with E-state index in [0.717, 1.165) is 12.8 Å². The zero-order valence-corrected chi connectivity index (χ0v) is 14.5. The van der Waals surface area contributed by atoms with Crippen molar-refractivity contribution in [1.82, 2.24) is 15.1 Å². The second-order valence-electron chi connectivity index (χ2n) is 6.92. The summed E-state index contributed by atoms with van der Waals surface area (Å²) in [5.41, 5.74) is -0.393. The SMILES string of the molecule is CN(c1cc(C(=O)O)cnn1)C1CCN(C(=O)OC(C)(C)C)CC1. The van der Waals surface area contributed by atoms with Crippen LogP contribution in [0.25, 0.3) is 0 Å². The summed E-state index contributed by atoms with van der Waals surface area (Å²) in [4.78, 5) is 26.7. The molecule has 132 valence electrons. The van der Waals surface area contributed by atoms with Gasteiger partial charge in [-0.15, -0.1) is 5.10 Å². The molecule has 0 bridgehead atoms. The topological polar surface area (TPSA) is 95.9 Å². The molecule has 0 atom stereocenters. The molecule has 2 rings (SSSR count). The Labute approximate surface area is 141 Å². The number of nitrogens with zero attached hydrogens (tertiary/aromatic N) is 4. The van der Waals surface area contributed by atoms with Gasteiger partial charge in [-0.1, -0.05) is 0 Å². The van der Waals surface area contributed by atoms with Crippen molar-refractivity contribution in [3.63, 3.8) is 0 Å². The predicted molar refractivity (Wildman–Crippen MR) is 88.2 cm³/mol. The highest BCUT2D eigenvalue weighted by molar-refractivity contribution is 5.87. The number of aromatic carboxylic acids is 1. The maximum Gasteiger partial charge on any atom is 0.410 e. The van der Waals surface area contributed by atoms with E-state index in [9.17, 15) is 9.59 Å². The molecule has 1 saturated heterocycles. The minimum absolute atomic E-state index is 0.109. The molecular weight excluding hydrogens is 312 g/mol. The molecule has 1 aliphatic heterocycles. The van der Waals surface area contributed by atoms with E-state index in [0.29, 0.717) is 18.9 Å². The van der Waals surface area contributed by atoms with Crippen molar-refractivity contribution in [1.29, 1.82) is 0 Å². The number of aromatic nitrogens is 2. The van der Waals surface area contributed by atoms with Gasteiger partial charge in [-0.25, -0.2) is 9.59 Å². The van der Waals surface area contributed by atoms with Crippen LogP contribution in [0, 0.1) is 0 Å². The summed E-state index contributed by atoms with van der Waals surface area (Å²) in [6, 6.07) is 1.68. The number of amides is 1. The van der Waals surface area contributed by atoms with Gasteiger partial charge < -0.3 is 19.6 Å². The third kappa shape index (κ3) is 4.56. The van der Waals surface area contributed by atoms with Crippen LogP contribution >= 0.6 is 0 Å². The van der Waals surface area contributed by atoms with Crippen molar-refractivity contribution in [2.45, 2.75) is 45.3 Å². The molecule has 24 heavy (non-hydrogen) atoms. The van der Waals surface area contributed by atoms with Crippen molar-refractivity contribution >= 4 is 17.9 Å². The lowest BCUT2D eigenvalue weighted by Gasteiger charge is -2.37. The highest BCUT2D eigenvalue weighted by Gasteiger charge is 2.29. The minimum Gasteiger partial charge on any atom is -0.478 e. The van der Waals surface area contributed by atoms with Crippen LogP contribution in [0.15, 0.2) is 12.3 Å². The fourth-order valence-corrected chi connectivity index (χ4v) is 2.59. The molecular formula is C16H24N4O4. The van der Waals surface area contributed by atoms with Crippen LogP contribution in [-0.4, -0.2) is 64.0 Å². The van der Waals surface area contributed by atoms with Crippen molar-refractivity contribution in [2.24, 2.45) is 0 Å². The summed E-state index contributed by atoms with van der Waals surface area (Å²) in [6.07, 6.45) is 2.45. The maximum absolute atomic E-state index is 12.1. The number of ether oxygens (including phenoxy) is 1. The molecule has 1 aromatic heterocycles. The number of anilines is 1. The Morgan fingerprint density at radius 1 is 1.33 bits per heavy atom. The number of carbonyl (C=O) groups is 2. The number of likely N-dealkylation sites (tertiary alicyclic amines) is 1. The molecule has 0 aromatic carbocycles. The first-order chi connectivity index (χ1) is 11.2. The van der Waals surface area contributed by atoms with Crippen LogP contribution in [0.5, 0.6) is 0 Å². The molecule has 8 heteroatoms. The van der Waals surface area contributed by atoms with Crippen LogP contribution in [0.4, 0.5) is 10.6 Å². The zero-order chi connectivity index (χ0) is 17.9. The molecule has 0 spiro atoms. The van der Waals surface area contributed by atoms with E-state index in [-0.39, 0.29) is 17.7 Å². The van der Waals surface area contributed by atoms with Crippen molar-refractivity contribution in [2.75, 3.05) is 25.0 Å². The monoisotopic (exact) mass is 336 g/mol. The Morgan fingerprint density at radius 3 is 2.50 bits per heavy atom. The van der Waals surface area contributed by atoms with Gasteiger partial charge in [-0.3, -0.25) is 0 Å². The largest absolute Gasteiger partial charge is 0.478 e. The molecule has 8 nitrogen and oxygen atoms in total. The van der Waals surface area contributed by atoms with Crippen molar-refractivity contribution in [3.05, 3.63) is 17.8 Å². The lowest BCUT2D eigenvalue weighted by atomic mass is 10.0. The number of carboxylic acid groups (broad SMARTS) is 1. The van der Waals surface area contributed by atoms with Crippen LogP contribution < -0.4 is 4.90 Å². The Morgan fingerprint density at radius 2 is 1.96 bits per heavy atom. The molecule has 2 heterocycles. The summed E-state index contributed by atoms with van der Waals surface area (Å²) in [5, 5.41) is 16.8. The molecule has 0 saturated carbocycles. The second kappa shape index (κ2) is 7.02. The highest BCUT2D eigenvalue weighted by Crippen LogP contribution is 2.22. The summed E-state index contributed by atoms with van der Waals surface area (Å²) < 4.78 is 5.39. The number of hydrogen-bond donors (Lipinski definition) is 1. The molecule has 1 amide bonds. The van der Waals surface area contributed by atoms with E-state index in [1.807, 2.05) is 32.7 Å². The average Bonchev–Trinajstić information content (AvgIpc) is 2.53. The first-order valence-corrected chi connectivity index (χ1v) is 7.94. The van der Waals surface area contributed by atoms with E-state index < -0.39 is 11.6 Å². The molecule has 1 aliphatic rings. The smallest absolute Gasteiger partial charge is 0.410 e. The molecule has 1 aromatic rings. The van der Waals surface area contributed by atoms with Crippen LogP contribution in [0.2, 0.25) is 0 Å². The Balaban J connectivity index is 1.95. The first kappa shape index (κ1) is 18.0. The number of piperidine rings is 1. The Kier molecular flexibility index (Phi) is 5.26. The molecule has 0 radical (unpaired) electrons. The van der Waals surface area contributed by atoms with Gasteiger partial charge >= 0.3 is 12.1 Å². The molecule has 1 N–H and O–H groups in total. The van der Waals surface area contributed by atoms with Gasteiger partial charge in [-0.2, -0.15) is 5.10 Å². The van der Waals surface area contributed by atoms with E-state index in [2.05, 4.69) is 10.2 Å². The van der Waals surface area contributed by atoms with E-state index >= 15 is 0 Å². The number of carbonyl (C=O) groups excluding carboxylic acids is 1. The third-order valence-electron chi connectivity index (χ3n) is 3.91. The standard InChI is InChI=1S/C16H24N4O4/c1-16(2,3)24-15(23)20-7-5-12(6-8-20)19(4)13-9-11(14(21)22)10-17-18-13/h9-10,12H,5-8H2,1-4H3,(H,21,22). The van der Waals surface area contributed by atoms with Crippen molar-refractivity contribution in [3.8, 4) is 0 Å². The molecule has 0 aliphatic carbocycles. The number of hydrogen-bond acceptors (Lipinski definition) is 6. The third-order valence-corrected chi connectivity index (χ3v) is 3.91. The molecule has 0 unspecified atom stereocenters. The summed E-state index contributed by atoms with van der Waals surface area (Å²) in [5.74, 6) is -0.509. The lowest BCUT2D eigenvalue weighted by Crippen LogP contribution is -2.47. The lowest BCUT2D eigenvalue weighted by molar-refractivity contribution is 0.0205. The summed E-state index contributed by atoms with van der Waals surface area (Å²) >= 11 is 0. The predicted octanol–water partition coefficient (Wildman–Crippen LogP) is 2.01. The van der Waals surface area contributed by atoms with Crippen molar-refractivity contribution < 1.29 is 19.4 Å². The van der Waals surface area contributed by atoms with E-state index in [4.69, 9.17) is 9.84 Å². The van der Waals surface area contributed by atoms with E-state index in [1.165, 1.54) is 12.3 Å². The van der Waals surface area contributed by atoms with Crippen LogP contribution in [-0.2, 0) is 4.74 Å². The average molecular weight is 336 g/mol. The van der Waals surface area contributed by atoms with Gasteiger partial charge in [-0.05, 0) is 39.7 Å². The van der Waals surface area contributed by atoms with E-state index in [1.54, 1.807) is 4.90 Å². The normalized spacial score (nSPS) is 15.9. The number of carboxylic acids is 1. The fraction of sp³-hybridized carbons (Fsp3) is 0.625. The van der Waals surface area contributed by atoms with Gasteiger partial charge in [0, 0.05) is 26.2 Å². The fourth-order valence-electron chi connectivity index (χ4n) is 2.59.